The summed E-state index contributed by atoms with van der Waals surface area (Å²) in [4.78, 5) is 4.99. The van der Waals surface area contributed by atoms with E-state index >= 15 is 0 Å². The molecule has 0 amide bonds. The van der Waals surface area contributed by atoms with Crippen LogP contribution in [-0.2, 0) is 0 Å². The number of aromatic nitrogens is 3. The van der Waals surface area contributed by atoms with Gasteiger partial charge in [-0.3, -0.25) is 0 Å². The first-order valence-electron chi connectivity index (χ1n) is 19.7. The topological polar surface area (TPSA) is 22.2 Å². The average Bonchev–Trinajstić information content (AvgIpc) is 3.99. The summed E-state index contributed by atoms with van der Waals surface area (Å²) in [6.07, 6.45) is 12.3. The van der Waals surface area contributed by atoms with Crippen molar-refractivity contribution in [3.05, 3.63) is 188 Å². The summed E-state index contributed by atoms with van der Waals surface area (Å²) in [5.74, 6) is 0.219. The van der Waals surface area contributed by atoms with Crippen LogP contribution >= 0.6 is 11.3 Å². The van der Waals surface area contributed by atoms with Gasteiger partial charge in [0.25, 0.3) is 0 Å². The van der Waals surface area contributed by atoms with Crippen molar-refractivity contribution in [2.75, 3.05) is 0 Å². The molecule has 0 aliphatic heterocycles. The molecular weight excluding hydrogens is 711 g/mol. The van der Waals surface area contributed by atoms with Gasteiger partial charge in [-0.25, -0.2) is 4.98 Å². The predicted octanol–water partition coefficient (Wildman–Crippen LogP) is 14.7. The van der Waals surface area contributed by atoms with Crippen molar-refractivity contribution in [1.82, 2.24) is 14.0 Å². The van der Waals surface area contributed by atoms with Crippen LogP contribution in [0, 0.1) is 0 Å². The third-order valence-corrected chi connectivity index (χ3v) is 13.7. The van der Waals surface area contributed by atoms with Gasteiger partial charge in [0.1, 0.15) is 5.65 Å². The molecule has 0 fully saturated rings. The third-order valence-electron chi connectivity index (χ3n) is 12.4. The zero-order valence-corrected chi connectivity index (χ0v) is 31.7. The number of hydrogen-bond acceptors (Lipinski definition) is 2. The van der Waals surface area contributed by atoms with E-state index in [0.717, 1.165) is 17.8 Å². The van der Waals surface area contributed by atoms with Crippen LogP contribution in [0.15, 0.2) is 182 Å². The number of fused-ring (bicyclic) bond motifs is 16. The molecule has 266 valence electrons. The van der Waals surface area contributed by atoms with Gasteiger partial charge in [-0.15, -0.1) is 11.3 Å². The minimum absolute atomic E-state index is 0.219. The van der Waals surface area contributed by atoms with Gasteiger partial charge in [0.05, 0.1) is 16.7 Å². The lowest BCUT2D eigenvalue weighted by Gasteiger charge is -2.18. The van der Waals surface area contributed by atoms with Crippen LogP contribution in [0.1, 0.15) is 18.0 Å². The van der Waals surface area contributed by atoms with E-state index < -0.39 is 0 Å². The van der Waals surface area contributed by atoms with E-state index in [1.165, 1.54) is 102 Å². The average molecular weight is 744 g/mol. The summed E-state index contributed by atoms with van der Waals surface area (Å²) in [6.45, 7) is 0. The molecule has 0 spiro atoms. The molecule has 57 heavy (non-hydrogen) atoms. The minimum Gasteiger partial charge on any atom is -0.309 e. The molecule has 8 aromatic carbocycles. The Morgan fingerprint density at radius 2 is 1.28 bits per heavy atom. The Hall–Kier alpha value is -7.01. The second-order valence-electron chi connectivity index (χ2n) is 15.4. The van der Waals surface area contributed by atoms with Gasteiger partial charge < -0.3 is 8.97 Å². The molecule has 4 heteroatoms. The molecule has 0 radical (unpaired) electrons. The second-order valence-corrected chi connectivity index (χ2v) is 16.4. The van der Waals surface area contributed by atoms with Crippen LogP contribution < -0.4 is 0 Å². The van der Waals surface area contributed by atoms with E-state index in [2.05, 4.69) is 191 Å². The first kappa shape index (κ1) is 31.2. The van der Waals surface area contributed by atoms with Crippen molar-refractivity contribution < 1.29 is 0 Å². The second kappa shape index (κ2) is 11.8. The fraction of sp³-hybridized carbons (Fsp3) is 0.0377. The van der Waals surface area contributed by atoms with E-state index in [9.17, 15) is 0 Å². The fourth-order valence-electron chi connectivity index (χ4n) is 9.89. The molecule has 1 aliphatic carbocycles. The van der Waals surface area contributed by atoms with Crippen molar-refractivity contribution in [2.24, 2.45) is 0 Å². The molecular formula is C53H33N3S. The summed E-state index contributed by atoms with van der Waals surface area (Å²) >= 11 is 1.95. The molecule has 0 saturated heterocycles. The number of nitrogens with zero attached hydrogens (tertiary/aromatic N) is 3. The number of allylic oxidation sites excluding steroid dienone is 4. The highest BCUT2D eigenvalue weighted by atomic mass is 32.1. The Bertz CT molecular complexity index is 3710. The molecule has 3 nitrogen and oxygen atoms in total. The van der Waals surface area contributed by atoms with Crippen LogP contribution in [0.3, 0.4) is 0 Å². The lowest BCUT2D eigenvalue weighted by molar-refractivity contribution is 0.823. The molecule has 0 saturated carbocycles. The lowest BCUT2D eigenvalue weighted by Crippen LogP contribution is -2.03. The van der Waals surface area contributed by atoms with E-state index in [0.29, 0.717) is 0 Å². The number of thiophene rings is 1. The van der Waals surface area contributed by atoms with E-state index in [-0.39, 0.29) is 5.92 Å². The standard InChI is InChI=1S/C53H33N3S/c1-4-15-37-32(12-1)25-28-46-48(37)50-49-43-21-11-20-42(44-30-34-13-2-3-14-36(34)38-16-5-6-17-39(38)44)52(43)57-53(49)41-19-8-7-18-40(41)51(50)56(46)35-26-23-33(24-27-35)45-31-55-29-10-9-22-47(55)54-45/h1-23,25-31,33H,24H2. The fourth-order valence-corrected chi connectivity index (χ4v) is 11.3. The molecule has 1 atom stereocenters. The zero-order valence-electron chi connectivity index (χ0n) is 30.9. The highest BCUT2D eigenvalue weighted by molar-refractivity contribution is 7.27. The number of pyridine rings is 1. The number of hydrogen-bond donors (Lipinski definition) is 0. The van der Waals surface area contributed by atoms with Gasteiger partial charge in [-0.05, 0) is 74.6 Å². The molecule has 0 N–H and O–H groups in total. The monoisotopic (exact) mass is 743 g/mol. The predicted molar refractivity (Wildman–Crippen MR) is 244 cm³/mol. The molecule has 4 aromatic heterocycles. The normalized spacial score (nSPS) is 14.8. The quantitative estimate of drug-likeness (QED) is 0.165. The van der Waals surface area contributed by atoms with Crippen molar-refractivity contribution in [2.45, 2.75) is 12.3 Å². The summed E-state index contributed by atoms with van der Waals surface area (Å²) in [7, 11) is 0. The Morgan fingerprint density at radius 1 is 0.544 bits per heavy atom. The number of imidazole rings is 1. The largest absolute Gasteiger partial charge is 0.309 e. The molecule has 1 aliphatic rings. The molecule has 12 aromatic rings. The van der Waals surface area contributed by atoms with Gasteiger partial charge in [0.15, 0.2) is 0 Å². The van der Waals surface area contributed by atoms with Crippen molar-refractivity contribution in [3.63, 3.8) is 0 Å². The highest BCUT2D eigenvalue weighted by Gasteiger charge is 2.26. The van der Waals surface area contributed by atoms with E-state index in [4.69, 9.17) is 4.98 Å². The maximum atomic E-state index is 4.99. The number of rotatable bonds is 3. The molecule has 4 heterocycles. The van der Waals surface area contributed by atoms with Crippen molar-refractivity contribution in [3.8, 4) is 11.1 Å². The molecule has 13 rings (SSSR count). The Balaban J connectivity index is 1.13. The minimum atomic E-state index is 0.219. The van der Waals surface area contributed by atoms with Gasteiger partial charge in [-0.2, -0.15) is 0 Å². The summed E-state index contributed by atoms with van der Waals surface area (Å²) in [5.41, 5.74) is 8.38. The summed E-state index contributed by atoms with van der Waals surface area (Å²) in [5, 5.41) is 15.6. The summed E-state index contributed by atoms with van der Waals surface area (Å²) < 4.78 is 7.35. The van der Waals surface area contributed by atoms with E-state index in [1.54, 1.807) is 0 Å². The van der Waals surface area contributed by atoms with Crippen LogP contribution in [0.5, 0.6) is 0 Å². The SMILES string of the molecule is C1=CC(c2cn3ccccc3n2)CC=C1n1c2ccc3ccccc3c2c2c3c4cccc(-c5cc6ccccc6c6ccccc56)c4sc3c3ccccc3c21. The Labute approximate surface area is 331 Å². The van der Waals surface area contributed by atoms with Crippen LogP contribution in [-0.4, -0.2) is 14.0 Å². The number of benzene rings is 8. The summed E-state index contributed by atoms with van der Waals surface area (Å²) in [6, 6.07) is 55.9. The lowest BCUT2D eigenvalue weighted by atomic mass is 9.92. The maximum absolute atomic E-state index is 4.99. The van der Waals surface area contributed by atoms with Crippen LogP contribution in [0.2, 0.25) is 0 Å². The highest BCUT2D eigenvalue weighted by Crippen LogP contribution is 2.52. The first-order valence-corrected chi connectivity index (χ1v) is 20.6. The third kappa shape index (κ3) is 4.39. The van der Waals surface area contributed by atoms with Crippen LogP contribution in [0.4, 0.5) is 0 Å². The maximum Gasteiger partial charge on any atom is 0.136 e. The Morgan fingerprint density at radius 3 is 2.12 bits per heavy atom. The van der Waals surface area contributed by atoms with Crippen molar-refractivity contribution >= 4 is 108 Å². The van der Waals surface area contributed by atoms with Gasteiger partial charge in [0, 0.05) is 71.3 Å². The van der Waals surface area contributed by atoms with E-state index in [1.807, 2.05) is 11.3 Å². The van der Waals surface area contributed by atoms with Gasteiger partial charge in [0.2, 0.25) is 0 Å². The molecule has 1 unspecified atom stereocenters. The van der Waals surface area contributed by atoms with Crippen LogP contribution in [0.25, 0.3) is 108 Å². The molecule has 0 bridgehead atoms. The first-order chi connectivity index (χ1) is 28.3. The van der Waals surface area contributed by atoms with Gasteiger partial charge >= 0.3 is 0 Å². The Kier molecular flexibility index (Phi) is 6.44. The zero-order chi connectivity index (χ0) is 37.2. The smallest absolute Gasteiger partial charge is 0.136 e. The van der Waals surface area contributed by atoms with Gasteiger partial charge in [-0.1, -0.05) is 140 Å². The van der Waals surface area contributed by atoms with Crippen molar-refractivity contribution in [1.29, 1.82) is 0 Å².